The Morgan fingerprint density at radius 2 is 1.45 bits per heavy atom. The highest BCUT2D eigenvalue weighted by atomic mass is 16.5. The number of para-hydroxylation sites is 2. The predicted octanol–water partition coefficient (Wildman–Crippen LogP) is 3.29. The van der Waals surface area contributed by atoms with Gasteiger partial charge in [0.1, 0.15) is 0 Å². The van der Waals surface area contributed by atoms with Gasteiger partial charge in [-0.3, -0.25) is 0 Å². The average molecular weight is 268 g/mol. The van der Waals surface area contributed by atoms with Crippen molar-refractivity contribution in [1.82, 2.24) is 5.48 Å². The van der Waals surface area contributed by atoms with Crippen molar-refractivity contribution in [2.45, 2.75) is 19.3 Å². The van der Waals surface area contributed by atoms with Gasteiger partial charge in [0, 0.05) is 24.5 Å². The number of benzene rings is 2. The van der Waals surface area contributed by atoms with E-state index in [1.165, 1.54) is 22.5 Å². The Balaban J connectivity index is 2.00. The Morgan fingerprint density at radius 3 is 2.00 bits per heavy atom. The van der Waals surface area contributed by atoms with Gasteiger partial charge in [0.15, 0.2) is 0 Å². The fourth-order valence-corrected chi connectivity index (χ4v) is 2.93. The molecule has 0 unspecified atom stereocenters. The predicted molar refractivity (Wildman–Crippen MR) is 81.7 cm³/mol. The Bertz CT molecular complexity index is 535. The van der Waals surface area contributed by atoms with Gasteiger partial charge < -0.3 is 10.1 Å². The molecule has 0 radical (unpaired) electrons. The monoisotopic (exact) mass is 268 g/mol. The molecule has 3 rings (SSSR count). The van der Waals surface area contributed by atoms with Crippen LogP contribution in [-0.2, 0) is 12.8 Å². The second-order valence-corrected chi connectivity index (χ2v) is 5.17. The van der Waals surface area contributed by atoms with Gasteiger partial charge in [0.25, 0.3) is 0 Å². The van der Waals surface area contributed by atoms with Crippen molar-refractivity contribution < 1.29 is 5.21 Å². The van der Waals surface area contributed by atoms with Gasteiger partial charge in [-0.2, -0.15) is 0 Å². The maximum Gasteiger partial charge on any atom is 0.0443 e. The highest BCUT2D eigenvalue weighted by molar-refractivity contribution is 5.71. The maximum absolute atomic E-state index is 8.77. The molecule has 0 spiro atoms. The highest BCUT2D eigenvalue weighted by Crippen LogP contribution is 2.35. The van der Waals surface area contributed by atoms with Crippen LogP contribution in [-0.4, -0.2) is 18.3 Å². The number of hydrogen-bond donors (Lipinski definition) is 2. The zero-order valence-electron chi connectivity index (χ0n) is 11.5. The van der Waals surface area contributed by atoms with Gasteiger partial charge in [0.05, 0.1) is 0 Å². The van der Waals surface area contributed by atoms with Crippen LogP contribution in [0.2, 0.25) is 0 Å². The molecule has 0 saturated heterocycles. The number of nitrogens with zero attached hydrogens (tertiary/aromatic N) is 1. The first-order valence-corrected chi connectivity index (χ1v) is 7.20. The smallest absolute Gasteiger partial charge is 0.0443 e. The zero-order chi connectivity index (χ0) is 13.8. The van der Waals surface area contributed by atoms with E-state index in [0.29, 0.717) is 6.54 Å². The van der Waals surface area contributed by atoms with Crippen LogP contribution < -0.4 is 10.4 Å². The minimum Gasteiger partial charge on any atom is -0.341 e. The van der Waals surface area contributed by atoms with E-state index in [2.05, 4.69) is 58.9 Å². The molecular formula is C17H20N2O. The van der Waals surface area contributed by atoms with E-state index in [9.17, 15) is 0 Å². The number of fused-ring (bicyclic) bond motifs is 2. The Hall–Kier alpha value is -1.84. The van der Waals surface area contributed by atoms with E-state index in [1.54, 1.807) is 0 Å². The van der Waals surface area contributed by atoms with Crippen LogP contribution in [0, 0.1) is 0 Å². The lowest BCUT2D eigenvalue weighted by atomic mass is 10.0. The van der Waals surface area contributed by atoms with Crippen molar-refractivity contribution in [3.05, 3.63) is 59.7 Å². The van der Waals surface area contributed by atoms with Crippen molar-refractivity contribution in [3.8, 4) is 0 Å². The lowest BCUT2D eigenvalue weighted by Crippen LogP contribution is -2.23. The van der Waals surface area contributed by atoms with Crippen molar-refractivity contribution in [1.29, 1.82) is 0 Å². The molecule has 1 aliphatic heterocycles. The highest BCUT2D eigenvalue weighted by Gasteiger charge is 2.19. The molecule has 1 aliphatic rings. The number of hydrogen-bond acceptors (Lipinski definition) is 3. The largest absolute Gasteiger partial charge is 0.341 e. The summed E-state index contributed by atoms with van der Waals surface area (Å²) in [5.74, 6) is 0. The van der Waals surface area contributed by atoms with Crippen LogP contribution in [0.3, 0.4) is 0 Å². The van der Waals surface area contributed by atoms with Crippen LogP contribution in [0.5, 0.6) is 0 Å². The Morgan fingerprint density at radius 1 is 0.900 bits per heavy atom. The molecular weight excluding hydrogens is 248 g/mol. The first-order valence-electron chi connectivity index (χ1n) is 7.20. The third-order valence-electron chi connectivity index (χ3n) is 3.90. The fraction of sp³-hybridized carbons (Fsp3) is 0.294. The summed E-state index contributed by atoms with van der Waals surface area (Å²) in [4.78, 5) is 2.38. The van der Waals surface area contributed by atoms with Crippen LogP contribution in [0.1, 0.15) is 17.5 Å². The SMILES string of the molecule is ONCCCN1c2ccccc2CCc2ccccc21. The second-order valence-electron chi connectivity index (χ2n) is 5.17. The van der Waals surface area contributed by atoms with Crippen molar-refractivity contribution in [2.75, 3.05) is 18.0 Å². The maximum atomic E-state index is 8.77. The van der Waals surface area contributed by atoms with Crippen molar-refractivity contribution >= 4 is 11.4 Å². The minimum atomic E-state index is 0.612. The number of rotatable bonds is 4. The van der Waals surface area contributed by atoms with Gasteiger partial charge in [-0.1, -0.05) is 36.4 Å². The molecule has 0 amide bonds. The summed E-state index contributed by atoms with van der Waals surface area (Å²) in [5.41, 5.74) is 7.65. The van der Waals surface area contributed by atoms with Gasteiger partial charge in [-0.05, 0) is 42.5 Å². The third-order valence-corrected chi connectivity index (χ3v) is 3.90. The van der Waals surface area contributed by atoms with Gasteiger partial charge >= 0.3 is 0 Å². The lowest BCUT2D eigenvalue weighted by Gasteiger charge is -2.26. The normalized spacial score (nSPS) is 13.6. The number of nitrogens with one attached hydrogen (secondary N) is 1. The van der Waals surface area contributed by atoms with Gasteiger partial charge in [-0.25, -0.2) is 5.48 Å². The quantitative estimate of drug-likeness (QED) is 0.660. The summed E-state index contributed by atoms with van der Waals surface area (Å²) in [6.07, 6.45) is 3.07. The molecule has 0 aromatic heterocycles. The summed E-state index contributed by atoms with van der Waals surface area (Å²) >= 11 is 0. The fourth-order valence-electron chi connectivity index (χ4n) is 2.93. The Kier molecular flexibility index (Phi) is 4.00. The molecule has 2 aromatic rings. The summed E-state index contributed by atoms with van der Waals surface area (Å²) < 4.78 is 0. The van der Waals surface area contributed by atoms with Crippen LogP contribution >= 0.6 is 0 Å². The van der Waals surface area contributed by atoms with E-state index in [4.69, 9.17) is 5.21 Å². The van der Waals surface area contributed by atoms with Crippen molar-refractivity contribution in [3.63, 3.8) is 0 Å². The Labute approximate surface area is 119 Å². The summed E-state index contributed by atoms with van der Waals surface area (Å²) in [6.45, 7) is 1.52. The molecule has 2 aromatic carbocycles. The number of hydroxylamine groups is 1. The van der Waals surface area contributed by atoms with E-state index >= 15 is 0 Å². The minimum absolute atomic E-state index is 0.612. The molecule has 0 atom stereocenters. The topological polar surface area (TPSA) is 35.5 Å². The molecule has 0 fully saturated rings. The average Bonchev–Trinajstić information content (AvgIpc) is 2.66. The lowest BCUT2D eigenvalue weighted by molar-refractivity contribution is 0.166. The molecule has 104 valence electrons. The first kappa shape index (κ1) is 13.2. The summed E-state index contributed by atoms with van der Waals surface area (Å²) in [6, 6.07) is 17.3. The van der Waals surface area contributed by atoms with Gasteiger partial charge in [0.2, 0.25) is 0 Å². The number of anilines is 2. The molecule has 3 heteroatoms. The first-order chi connectivity index (χ1) is 9.90. The van der Waals surface area contributed by atoms with E-state index in [-0.39, 0.29) is 0 Å². The standard InChI is InChI=1S/C17H20N2O/c20-18-12-5-13-19-16-8-3-1-6-14(16)10-11-15-7-2-4-9-17(15)19/h1-4,6-9,18,20H,5,10-13H2. The molecule has 0 aliphatic carbocycles. The summed E-state index contributed by atoms with van der Waals surface area (Å²) in [7, 11) is 0. The zero-order valence-corrected chi connectivity index (χ0v) is 11.5. The van der Waals surface area contributed by atoms with Gasteiger partial charge in [-0.15, -0.1) is 0 Å². The molecule has 3 nitrogen and oxygen atoms in total. The van der Waals surface area contributed by atoms with E-state index in [1.807, 2.05) is 0 Å². The molecule has 2 N–H and O–H groups in total. The molecule has 0 bridgehead atoms. The van der Waals surface area contributed by atoms with Crippen LogP contribution in [0.4, 0.5) is 11.4 Å². The third kappa shape index (κ3) is 2.55. The van der Waals surface area contributed by atoms with Crippen molar-refractivity contribution in [2.24, 2.45) is 0 Å². The van der Waals surface area contributed by atoms with Crippen LogP contribution in [0.15, 0.2) is 48.5 Å². The van der Waals surface area contributed by atoms with E-state index in [0.717, 1.165) is 25.8 Å². The van der Waals surface area contributed by atoms with Crippen LogP contribution in [0.25, 0.3) is 0 Å². The number of aryl methyl sites for hydroxylation is 2. The molecule has 20 heavy (non-hydrogen) atoms. The summed E-state index contributed by atoms with van der Waals surface area (Å²) in [5, 5.41) is 8.77. The van der Waals surface area contributed by atoms with E-state index < -0.39 is 0 Å². The molecule has 1 heterocycles. The molecule has 0 saturated carbocycles. The second kappa shape index (κ2) is 6.07.